The first kappa shape index (κ1) is 21.1. The highest BCUT2D eigenvalue weighted by Crippen LogP contribution is 2.33. The molecule has 0 aliphatic heterocycles. The second-order valence-corrected chi connectivity index (χ2v) is 5.75. The van der Waals surface area contributed by atoms with Gasteiger partial charge >= 0.3 is 17.8 Å². The first-order chi connectivity index (χ1) is 13.1. The van der Waals surface area contributed by atoms with Crippen LogP contribution in [-0.4, -0.2) is 35.3 Å². The molecule has 1 atom stereocenters. The molecule has 10 heteroatoms. The third-order valence-corrected chi connectivity index (χ3v) is 3.66. The van der Waals surface area contributed by atoms with Gasteiger partial charge in [-0.05, 0) is 43.7 Å². The van der Waals surface area contributed by atoms with Crippen LogP contribution in [0.3, 0.4) is 0 Å². The topological polar surface area (TPSA) is 80.3 Å². The summed E-state index contributed by atoms with van der Waals surface area (Å²) in [5.74, 6) is -4.65. The van der Waals surface area contributed by atoms with Crippen LogP contribution in [-0.2, 0) is 9.53 Å². The number of amides is 1. The van der Waals surface area contributed by atoms with Crippen molar-refractivity contribution in [2.75, 3.05) is 11.9 Å². The van der Waals surface area contributed by atoms with Crippen LogP contribution in [0.4, 0.5) is 23.4 Å². The Kier molecular flexibility index (Phi) is 6.22. The van der Waals surface area contributed by atoms with E-state index in [0.717, 1.165) is 12.1 Å². The average molecular weight is 399 g/mol. The second kappa shape index (κ2) is 8.24. The SMILES string of the molecule is CCOC(=O)C(NC(=O)c1ccccc1F)(Nc1cc(C)ccn1)C(F)(F)F. The molecule has 1 aromatic carbocycles. The number of halogens is 4. The van der Waals surface area contributed by atoms with Crippen LogP contribution in [0, 0.1) is 12.7 Å². The fraction of sp³-hybridized carbons (Fsp3) is 0.278. The minimum absolute atomic E-state index is 0.334. The number of aromatic nitrogens is 1. The van der Waals surface area contributed by atoms with E-state index in [1.807, 2.05) is 5.32 Å². The molecule has 2 rings (SSSR count). The monoisotopic (exact) mass is 399 g/mol. The van der Waals surface area contributed by atoms with Gasteiger partial charge in [0.25, 0.3) is 5.91 Å². The number of hydrogen-bond acceptors (Lipinski definition) is 5. The van der Waals surface area contributed by atoms with Crippen LogP contribution in [0.2, 0.25) is 0 Å². The van der Waals surface area contributed by atoms with E-state index < -0.39 is 35.1 Å². The lowest BCUT2D eigenvalue weighted by Crippen LogP contribution is -2.69. The molecule has 150 valence electrons. The molecule has 1 amide bonds. The molecule has 0 radical (unpaired) electrons. The van der Waals surface area contributed by atoms with E-state index in [1.165, 1.54) is 37.4 Å². The molecular formula is C18H17F4N3O3. The third-order valence-electron chi connectivity index (χ3n) is 3.66. The number of benzene rings is 1. The number of carbonyl (C=O) groups is 2. The molecule has 0 aliphatic carbocycles. The maximum Gasteiger partial charge on any atom is 0.441 e. The standard InChI is InChI=1S/C18H17F4N3O3/c1-3-28-16(27)17(18(20,21)22,24-14-10-11(2)8-9-23-14)25-15(26)12-6-4-5-7-13(12)19/h4-10H,3H2,1-2H3,(H,23,24)(H,25,26). The number of hydrogen-bond donors (Lipinski definition) is 2. The number of carbonyl (C=O) groups excluding carboxylic acids is 2. The van der Waals surface area contributed by atoms with Gasteiger partial charge in [0, 0.05) is 6.20 Å². The molecule has 0 fully saturated rings. The molecule has 0 bridgehead atoms. The Morgan fingerprint density at radius 3 is 2.43 bits per heavy atom. The minimum atomic E-state index is -5.34. The first-order valence-corrected chi connectivity index (χ1v) is 8.12. The van der Waals surface area contributed by atoms with Crippen molar-refractivity contribution in [3.63, 3.8) is 0 Å². The Hall–Kier alpha value is -3.17. The highest BCUT2D eigenvalue weighted by Gasteiger charge is 2.64. The second-order valence-electron chi connectivity index (χ2n) is 5.75. The summed E-state index contributed by atoms with van der Waals surface area (Å²) in [5.41, 5.74) is -3.79. The maximum absolute atomic E-state index is 14.0. The molecule has 1 heterocycles. The number of nitrogens with zero attached hydrogens (tertiary/aromatic N) is 1. The van der Waals surface area contributed by atoms with Crippen molar-refractivity contribution >= 4 is 17.7 Å². The van der Waals surface area contributed by atoms with E-state index in [1.54, 1.807) is 12.2 Å². The van der Waals surface area contributed by atoms with Crippen LogP contribution in [0.1, 0.15) is 22.8 Å². The van der Waals surface area contributed by atoms with Gasteiger partial charge in [-0.25, -0.2) is 14.2 Å². The van der Waals surface area contributed by atoms with Gasteiger partial charge in [-0.15, -0.1) is 0 Å². The van der Waals surface area contributed by atoms with Gasteiger partial charge < -0.3 is 15.4 Å². The Labute approximate surface area is 157 Å². The van der Waals surface area contributed by atoms with Crippen molar-refractivity contribution in [3.05, 3.63) is 59.5 Å². The zero-order chi connectivity index (χ0) is 20.9. The molecule has 2 aromatic rings. The number of alkyl halides is 3. The normalized spacial score (nSPS) is 13.4. The average Bonchev–Trinajstić information content (AvgIpc) is 2.60. The van der Waals surface area contributed by atoms with E-state index in [0.29, 0.717) is 5.56 Å². The Morgan fingerprint density at radius 2 is 1.86 bits per heavy atom. The van der Waals surface area contributed by atoms with Crippen LogP contribution < -0.4 is 10.6 Å². The summed E-state index contributed by atoms with van der Waals surface area (Å²) in [6, 6.07) is 7.21. The van der Waals surface area contributed by atoms with E-state index in [4.69, 9.17) is 0 Å². The lowest BCUT2D eigenvalue weighted by molar-refractivity contribution is -0.204. The molecule has 1 unspecified atom stereocenters. The molecule has 0 saturated heterocycles. The Morgan fingerprint density at radius 1 is 1.18 bits per heavy atom. The number of ether oxygens (including phenoxy) is 1. The van der Waals surface area contributed by atoms with Crippen LogP contribution in [0.25, 0.3) is 0 Å². The van der Waals surface area contributed by atoms with E-state index >= 15 is 0 Å². The Balaban J connectivity index is 2.54. The van der Waals surface area contributed by atoms with Crippen LogP contribution in [0.5, 0.6) is 0 Å². The molecule has 6 nitrogen and oxygen atoms in total. The largest absolute Gasteiger partial charge is 0.463 e. The summed E-state index contributed by atoms with van der Waals surface area (Å²) in [6.07, 6.45) is -4.12. The number of anilines is 1. The molecule has 0 saturated carbocycles. The smallest absolute Gasteiger partial charge is 0.441 e. The fourth-order valence-corrected chi connectivity index (χ4v) is 2.31. The zero-order valence-electron chi connectivity index (χ0n) is 14.9. The lowest BCUT2D eigenvalue weighted by Gasteiger charge is -2.35. The fourth-order valence-electron chi connectivity index (χ4n) is 2.31. The molecule has 0 aliphatic rings. The molecule has 1 aromatic heterocycles. The lowest BCUT2D eigenvalue weighted by atomic mass is 10.1. The van der Waals surface area contributed by atoms with E-state index in [2.05, 4.69) is 9.72 Å². The summed E-state index contributed by atoms with van der Waals surface area (Å²) in [5, 5.41) is 3.46. The molecular weight excluding hydrogens is 382 g/mol. The summed E-state index contributed by atoms with van der Waals surface area (Å²) in [6.45, 7) is 2.53. The number of rotatable bonds is 6. The van der Waals surface area contributed by atoms with E-state index in [-0.39, 0.29) is 12.4 Å². The number of aryl methyl sites for hydroxylation is 1. The minimum Gasteiger partial charge on any atom is -0.463 e. The third kappa shape index (κ3) is 4.38. The van der Waals surface area contributed by atoms with Gasteiger partial charge in [0.15, 0.2) is 0 Å². The predicted molar refractivity (Wildman–Crippen MR) is 91.9 cm³/mol. The maximum atomic E-state index is 14.0. The molecule has 28 heavy (non-hydrogen) atoms. The zero-order valence-corrected chi connectivity index (χ0v) is 14.9. The van der Waals surface area contributed by atoms with Crippen molar-refractivity contribution in [2.45, 2.75) is 25.7 Å². The van der Waals surface area contributed by atoms with Crippen molar-refractivity contribution < 1.29 is 31.9 Å². The number of pyridine rings is 1. The predicted octanol–water partition coefficient (Wildman–Crippen LogP) is 3.19. The Bertz CT molecular complexity index is 873. The van der Waals surface area contributed by atoms with Gasteiger partial charge in [0.1, 0.15) is 11.6 Å². The summed E-state index contributed by atoms with van der Waals surface area (Å²) in [7, 11) is 0. The summed E-state index contributed by atoms with van der Waals surface area (Å²) < 4.78 is 60.4. The number of esters is 1. The highest BCUT2D eigenvalue weighted by molar-refractivity contribution is 5.99. The number of nitrogens with one attached hydrogen (secondary N) is 2. The summed E-state index contributed by atoms with van der Waals surface area (Å²) in [4.78, 5) is 28.4. The van der Waals surface area contributed by atoms with Crippen molar-refractivity contribution in [1.29, 1.82) is 0 Å². The molecule has 0 spiro atoms. The van der Waals surface area contributed by atoms with Crippen LogP contribution >= 0.6 is 0 Å². The van der Waals surface area contributed by atoms with Gasteiger partial charge in [0.2, 0.25) is 0 Å². The van der Waals surface area contributed by atoms with Gasteiger partial charge in [-0.2, -0.15) is 13.2 Å². The van der Waals surface area contributed by atoms with Gasteiger partial charge in [-0.3, -0.25) is 4.79 Å². The van der Waals surface area contributed by atoms with Gasteiger partial charge in [0.05, 0.1) is 12.2 Å². The summed E-state index contributed by atoms with van der Waals surface area (Å²) >= 11 is 0. The quantitative estimate of drug-likeness (QED) is 0.443. The van der Waals surface area contributed by atoms with Crippen molar-refractivity contribution in [2.24, 2.45) is 0 Å². The van der Waals surface area contributed by atoms with Crippen LogP contribution in [0.15, 0.2) is 42.6 Å². The highest BCUT2D eigenvalue weighted by atomic mass is 19.4. The van der Waals surface area contributed by atoms with Gasteiger partial charge in [-0.1, -0.05) is 12.1 Å². The van der Waals surface area contributed by atoms with Crippen molar-refractivity contribution in [1.82, 2.24) is 10.3 Å². The molecule has 2 N–H and O–H groups in total. The van der Waals surface area contributed by atoms with E-state index in [9.17, 15) is 27.2 Å². The first-order valence-electron chi connectivity index (χ1n) is 8.12. The van der Waals surface area contributed by atoms with Crippen molar-refractivity contribution in [3.8, 4) is 0 Å².